The number of methoxy groups -OCH3 is 1. The molecule has 150 valence electrons. The molecule has 1 amide bonds. The van der Waals surface area contributed by atoms with Gasteiger partial charge in [-0.2, -0.15) is 5.10 Å². The standard InChI is InChI=1S/C25H23N3O2/c1-18-7-6-8-20(15-18)24-21(17-28(27-24)22-9-4-3-5-10-22)16-26-25(29)19-11-13-23(30-2)14-12-19/h3-15,17H,16H2,1-2H3,(H,26,29). The number of nitrogens with zero attached hydrogens (tertiary/aromatic N) is 2. The molecule has 0 atom stereocenters. The molecule has 0 unspecified atom stereocenters. The lowest BCUT2D eigenvalue weighted by Gasteiger charge is -2.07. The fraction of sp³-hybridized carbons (Fsp3) is 0.120. The number of amides is 1. The Labute approximate surface area is 175 Å². The van der Waals surface area contributed by atoms with Gasteiger partial charge in [-0.3, -0.25) is 4.79 Å². The van der Waals surface area contributed by atoms with E-state index in [4.69, 9.17) is 9.84 Å². The summed E-state index contributed by atoms with van der Waals surface area (Å²) in [6, 6.07) is 25.2. The number of carbonyl (C=O) groups is 1. The average molecular weight is 397 g/mol. The van der Waals surface area contributed by atoms with E-state index in [1.54, 1.807) is 31.4 Å². The van der Waals surface area contributed by atoms with Gasteiger partial charge in [-0.05, 0) is 49.4 Å². The first kappa shape index (κ1) is 19.5. The minimum Gasteiger partial charge on any atom is -0.497 e. The zero-order chi connectivity index (χ0) is 20.9. The van der Waals surface area contributed by atoms with E-state index in [-0.39, 0.29) is 5.91 Å². The number of rotatable bonds is 6. The molecular formula is C25H23N3O2. The maximum Gasteiger partial charge on any atom is 0.251 e. The second kappa shape index (κ2) is 8.66. The van der Waals surface area contributed by atoms with Crippen molar-refractivity contribution in [3.05, 3.63) is 102 Å². The molecular weight excluding hydrogens is 374 g/mol. The number of carbonyl (C=O) groups excluding carboxylic acids is 1. The first-order valence-electron chi connectivity index (χ1n) is 9.77. The molecule has 4 rings (SSSR count). The molecule has 0 bridgehead atoms. The molecule has 4 aromatic rings. The van der Waals surface area contributed by atoms with Gasteiger partial charge >= 0.3 is 0 Å². The molecule has 0 saturated heterocycles. The highest BCUT2D eigenvalue weighted by molar-refractivity contribution is 5.94. The number of para-hydroxylation sites is 1. The van der Waals surface area contributed by atoms with Crippen molar-refractivity contribution >= 4 is 5.91 Å². The number of hydrogen-bond donors (Lipinski definition) is 1. The van der Waals surface area contributed by atoms with Gasteiger partial charge in [-0.1, -0.05) is 42.0 Å². The Balaban J connectivity index is 1.62. The number of ether oxygens (including phenoxy) is 1. The Morgan fingerprint density at radius 1 is 1.00 bits per heavy atom. The Morgan fingerprint density at radius 2 is 1.77 bits per heavy atom. The van der Waals surface area contributed by atoms with E-state index in [2.05, 4.69) is 24.4 Å². The summed E-state index contributed by atoms with van der Waals surface area (Å²) < 4.78 is 7.01. The molecule has 5 nitrogen and oxygen atoms in total. The van der Waals surface area contributed by atoms with E-state index in [9.17, 15) is 4.79 Å². The largest absolute Gasteiger partial charge is 0.497 e. The van der Waals surface area contributed by atoms with Crippen LogP contribution in [0.15, 0.2) is 85.1 Å². The number of aromatic nitrogens is 2. The lowest BCUT2D eigenvalue weighted by molar-refractivity contribution is 0.0951. The van der Waals surface area contributed by atoms with Crippen LogP contribution in [0.3, 0.4) is 0 Å². The van der Waals surface area contributed by atoms with E-state index in [0.29, 0.717) is 12.1 Å². The number of nitrogens with one attached hydrogen (secondary N) is 1. The summed E-state index contributed by atoms with van der Waals surface area (Å²) in [4.78, 5) is 12.6. The Hall–Kier alpha value is -3.86. The first-order chi connectivity index (χ1) is 14.6. The molecule has 0 spiro atoms. The fourth-order valence-electron chi connectivity index (χ4n) is 3.31. The maximum atomic E-state index is 12.6. The van der Waals surface area contributed by atoms with Gasteiger partial charge in [-0.25, -0.2) is 4.68 Å². The van der Waals surface area contributed by atoms with Crippen LogP contribution >= 0.6 is 0 Å². The van der Waals surface area contributed by atoms with Crippen LogP contribution in [0.1, 0.15) is 21.5 Å². The van der Waals surface area contributed by atoms with Crippen LogP contribution in [-0.2, 0) is 6.54 Å². The van der Waals surface area contributed by atoms with Crippen molar-refractivity contribution in [1.82, 2.24) is 15.1 Å². The molecule has 1 aromatic heterocycles. The van der Waals surface area contributed by atoms with Gasteiger partial charge in [0.05, 0.1) is 18.5 Å². The van der Waals surface area contributed by atoms with E-state index < -0.39 is 0 Å². The van der Waals surface area contributed by atoms with Gasteiger partial charge in [0, 0.05) is 29.4 Å². The minimum atomic E-state index is -0.139. The highest BCUT2D eigenvalue weighted by Gasteiger charge is 2.14. The summed E-state index contributed by atoms with van der Waals surface area (Å²) in [5.41, 5.74) is 5.56. The van der Waals surface area contributed by atoms with E-state index in [0.717, 1.165) is 33.8 Å². The molecule has 0 aliphatic carbocycles. The van der Waals surface area contributed by atoms with Crippen molar-refractivity contribution in [2.45, 2.75) is 13.5 Å². The quantitative estimate of drug-likeness (QED) is 0.509. The van der Waals surface area contributed by atoms with Gasteiger partial charge in [0.1, 0.15) is 5.75 Å². The van der Waals surface area contributed by atoms with Crippen LogP contribution in [-0.4, -0.2) is 22.8 Å². The normalized spacial score (nSPS) is 10.6. The average Bonchev–Trinajstić information content (AvgIpc) is 3.22. The topological polar surface area (TPSA) is 56.1 Å². The summed E-state index contributed by atoms with van der Waals surface area (Å²) in [5.74, 6) is 0.581. The van der Waals surface area contributed by atoms with Crippen molar-refractivity contribution in [3.8, 4) is 22.7 Å². The molecule has 0 aliphatic rings. The molecule has 1 heterocycles. The van der Waals surface area contributed by atoms with Crippen LogP contribution in [0, 0.1) is 6.92 Å². The summed E-state index contributed by atoms with van der Waals surface area (Å²) in [7, 11) is 1.60. The number of benzene rings is 3. The molecule has 5 heteroatoms. The Morgan fingerprint density at radius 3 is 2.47 bits per heavy atom. The van der Waals surface area contributed by atoms with Crippen LogP contribution < -0.4 is 10.1 Å². The number of hydrogen-bond acceptors (Lipinski definition) is 3. The molecule has 0 saturated carbocycles. The van der Waals surface area contributed by atoms with Crippen molar-refractivity contribution in [2.75, 3.05) is 7.11 Å². The molecule has 3 aromatic carbocycles. The van der Waals surface area contributed by atoms with Gasteiger partial charge in [0.15, 0.2) is 0 Å². The zero-order valence-corrected chi connectivity index (χ0v) is 17.0. The van der Waals surface area contributed by atoms with Gasteiger partial charge < -0.3 is 10.1 Å². The third-order valence-electron chi connectivity index (χ3n) is 4.89. The predicted molar refractivity (Wildman–Crippen MR) is 118 cm³/mol. The second-order valence-electron chi connectivity index (χ2n) is 7.06. The summed E-state index contributed by atoms with van der Waals surface area (Å²) in [5, 5.41) is 7.82. The summed E-state index contributed by atoms with van der Waals surface area (Å²) >= 11 is 0. The van der Waals surface area contributed by atoms with E-state index in [1.165, 1.54) is 0 Å². The van der Waals surface area contributed by atoms with Crippen LogP contribution in [0.5, 0.6) is 5.75 Å². The van der Waals surface area contributed by atoms with Gasteiger partial charge in [0.2, 0.25) is 0 Å². The predicted octanol–water partition coefficient (Wildman–Crippen LogP) is 4.79. The Kier molecular flexibility index (Phi) is 5.61. The van der Waals surface area contributed by atoms with Crippen molar-refractivity contribution < 1.29 is 9.53 Å². The highest BCUT2D eigenvalue weighted by Crippen LogP contribution is 2.25. The lowest BCUT2D eigenvalue weighted by atomic mass is 10.1. The summed E-state index contributed by atoms with van der Waals surface area (Å²) in [6.45, 7) is 2.43. The summed E-state index contributed by atoms with van der Waals surface area (Å²) in [6.07, 6.45) is 1.97. The van der Waals surface area contributed by atoms with E-state index >= 15 is 0 Å². The monoisotopic (exact) mass is 397 g/mol. The fourth-order valence-corrected chi connectivity index (χ4v) is 3.31. The molecule has 0 radical (unpaired) electrons. The van der Waals surface area contributed by atoms with Crippen LogP contribution in [0.4, 0.5) is 0 Å². The third kappa shape index (κ3) is 4.25. The van der Waals surface area contributed by atoms with Crippen LogP contribution in [0.2, 0.25) is 0 Å². The van der Waals surface area contributed by atoms with Crippen molar-refractivity contribution in [3.63, 3.8) is 0 Å². The van der Waals surface area contributed by atoms with Crippen molar-refractivity contribution in [2.24, 2.45) is 0 Å². The molecule has 1 N–H and O–H groups in total. The highest BCUT2D eigenvalue weighted by atomic mass is 16.5. The number of aryl methyl sites for hydroxylation is 1. The SMILES string of the molecule is COc1ccc(C(=O)NCc2cn(-c3ccccc3)nc2-c2cccc(C)c2)cc1. The molecule has 30 heavy (non-hydrogen) atoms. The lowest BCUT2D eigenvalue weighted by Crippen LogP contribution is -2.22. The molecule has 0 fully saturated rings. The zero-order valence-electron chi connectivity index (χ0n) is 17.0. The Bertz CT molecular complexity index is 1150. The van der Waals surface area contributed by atoms with Gasteiger partial charge in [-0.15, -0.1) is 0 Å². The van der Waals surface area contributed by atoms with Crippen LogP contribution in [0.25, 0.3) is 16.9 Å². The second-order valence-corrected chi connectivity index (χ2v) is 7.06. The van der Waals surface area contributed by atoms with Crippen molar-refractivity contribution in [1.29, 1.82) is 0 Å². The van der Waals surface area contributed by atoms with Gasteiger partial charge in [0.25, 0.3) is 5.91 Å². The van der Waals surface area contributed by atoms with E-state index in [1.807, 2.05) is 53.3 Å². The third-order valence-corrected chi connectivity index (χ3v) is 4.89. The smallest absolute Gasteiger partial charge is 0.251 e. The molecule has 0 aliphatic heterocycles. The first-order valence-corrected chi connectivity index (χ1v) is 9.77. The minimum absolute atomic E-state index is 0.139. The maximum absolute atomic E-state index is 12.6.